The average molecular weight is 241 g/mol. The van der Waals surface area contributed by atoms with Gasteiger partial charge in [-0.1, -0.05) is 0 Å². The van der Waals surface area contributed by atoms with E-state index in [1.165, 1.54) is 12.1 Å². The number of benzene rings is 1. The molecule has 0 heterocycles. The second-order valence-electron chi connectivity index (χ2n) is 4.31. The van der Waals surface area contributed by atoms with Crippen LogP contribution in [0.4, 0.5) is 8.78 Å². The van der Waals surface area contributed by atoms with Crippen LogP contribution in [0.3, 0.4) is 0 Å². The fourth-order valence-corrected chi connectivity index (χ4v) is 1.86. The van der Waals surface area contributed by atoms with Gasteiger partial charge in [0, 0.05) is 18.7 Å². The van der Waals surface area contributed by atoms with Crippen molar-refractivity contribution in [2.24, 2.45) is 0 Å². The molecule has 0 bridgehead atoms. The monoisotopic (exact) mass is 241 g/mol. The van der Waals surface area contributed by atoms with Crippen LogP contribution in [0.2, 0.25) is 0 Å². The van der Waals surface area contributed by atoms with Crippen molar-refractivity contribution in [3.05, 3.63) is 35.4 Å². The maximum Gasteiger partial charge on any atom is 0.317 e. The maximum atomic E-state index is 13.0. The average Bonchev–Trinajstić information content (AvgIpc) is 2.96. The summed E-state index contributed by atoms with van der Waals surface area (Å²) in [6, 6.07) is 3.51. The molecule has 0 spiro atoms. The summed E-state index contributed by atoms with van der Waals surface area (Å²) in [6.07, 6.45) is 1.90. The van der Waals surface area contributed by atoms with Crippen LogP contribution in [0.15, 0.2) is 18.2 Å². The number of halogens is 2. The van der Waals surface area contributed by atoms with E-state index < -0.39 is 17.6 Å². The first-order valence-corrected chi connectivity index (χ1v) is 5.45. The predicted octanol–water partition coefficient (Wildman–Crippen LogP) is 2.01. The lowest BCUT2D eigenvalue weighted by molar-refractivity contribution is -0.138. The van der Waals surface area contributed by atoms with Gasteiger partial charge < -0.3 is 5.11 Å². The van der Waals surface area contributed by atoms with Crippen LogP contribution < -0.4 is 0 Å². The van der Waals surface area contributed by atoms with Gasteiger partial charge in [-0.15, -0.1) is 0 Å². The van der Waals surface area contributed by atoms with Gasteiger partial charge in [0.05, 0.1) is 6.54 Å². The minimum atomic E-state index is -0.922. The molecule has 0 aliphatic heterocycles. The molecule has 0 atom stereocenters. The number of hydrogen-bond donors (Lipinski definition) is 1. The van der Waals surface area contributed by atoms with Crippen molar-refractivity contribution in [1.82, 2.24) is 4.90 Å². The maximum absolute atomic E-state index is 13.0. The third-order valence-corrected chi connectivity index (χ3v) is 2.71. The lowest BCUT2D eigenvalue weighted by atomic mass is 10.2. The van der Waals surface area contributed by atoms with Crippen LogP contribution in [0, 0.1) is 11.6 Å². The minimum Gasteiger partial charge on any atom is -0.480 e. The molecule has 1 aromatic carbocycles. The van der Waals surface area contributed by atoms with Gasteiger partial charge in [-0.05, 0) is 30.5 Å². The van der Waals surface area contributed by atoms with E-state index >= 15 is 0 Å². The largest absolute Gasteiger partial charge is 0.480 e. The van der Waals surface area contributed by atoms with Crippen molar-refractivity contribution in [2.75, 3.05) is 6.54 Å². The smallest absolute Gasteiger partial charge is 0.317 e. The standard InChI is InChI=1S/C12H13F2NO2/c13-9-3-8(4-10(14)5-9)6-15(7-12(16)17)11-1-2-11/h3-5,11H,1-2,6-7H2,(H,16,17). The highest BCUT2D eigenvalue weighted by Gasteiger charge is 2.30. The summed E-state index contributed by atoms with van der Waals surface area (Å²) in [5, 5.41) is 8.76. The predicted molar refractivity (Wildman–Crippen MR) is 57.4 cm³/mol. The first kappa shape index (κ1) is 12.0. The summed E-state index contributed by atoms with van der Waals surface area (Å²) in [5.41, 5.74) is 0.468. The Kier molecular flexibility index (Phi) is 3.38. The lowest BCUT2D eigenvalue weighted by Crippen LogP contribution is -2.31. The molecule has 1 aliphatic carbocycles. The second kappa shape index (κ2) is 4.79. The van der Waals surface area contributed by atoms with Crippen molar-refractivity contribution in [1.29, 1.82) is 0 Å². The number of carboxylic acids is 1. The Morgan fingerprint density at radius 2 is 1.88 bits per heavy atom. The zero-order chi connectivity index (χ0) is 12.4. The molecule has 2 rings (SSSR count). The van der Waals surface area contributed by atoms with Gasteiger partial charge in [-0.25, -0.2) is 8.78 Å². The third-order valence-electron chi connectivity index (χ3n) is 2.71. The quantitative estimate of drug-likeness (QED) is 0.857. The van der Waals surface area contributed by atoms with Crippen LogP contribution in [0.5, 0.6) is 0 Å². The molecule has 0 saturated heterocycles. The number of carboxylic acid groups (broad SMARTS) is 1. The van der Waals surface area contributed by atoms with E-state index in [1.807, 2.05) is 0 Å². The Morgan fingerprint density at radius 1 is 1.29 bits per heavy atom. The number of nitrogens with zero attached hydrogens (tertiary/aromatic N) is 1. The molecule has 0 aromatic heterocycles. The van der Waals surface area contributed by atoms with E-state index in [0.29, 0.717) is 5.56 Å². The van der Waals surface area contributed by atoms with E-state index in [4.69, 9.17) is 5.11 Å². The Hall–Kier alpha value is -1.49. The molecule has 1 saturated carbocycles. The fraction of sp³-hybridized carbons (Fsp3) is 0.417. The first-order valence-electron chi connectivity index (χ1n) is 5.45. The summed E-state index contributed by atoms with van der Waals surface area (Å²) in [7, 11) is 0. The van der Waals surface area contributed by atoms with Crippen LogP contribution in [-0.2, 0) is 11.3 Å². The first-order chi connectivity index (χ1) is 8.04. The van der Waals surface area contributed by atoms with Crippen molar-refractivity contribution in [3.63, 3.8) is 0 Å². The zero-order valence-electron chi connectivity index (χ0n) is 9.20. The normalized spacial score (nSPS) is 15.2. The topological polar surface area (TPSA) is 40.5 Å². The molecular weight excluding hydrogens is 228 g/mol. The van der Waals surface area contributed by atoms with Gasteiger partial charge in [-0.3, -0.25) is 9.69 Å². The van der Waals surface area contributed by atoms with E-state index in [9.17, 15) is 13.6 Å². The zero-order valence-corrected chi connectivity index (χ0v) is 9.20. The van der Waals surface area contributed by atoms with E-state index in [2.05, 4.69) is 0 Å². The third kappa shape index (κ3) is 3.49. The summed E-state index contributed by atoms with van der Waals surface area (Å²) >= 11 is 0. The number of hydrogen-bond acceptors (Lipinski definition) is 2. The highest BCUT2D eigenvalue weighted by molar-refractivity contribution is 5.69. The second-order valence-corrected chi connectivity index (χ2v) is 4.31. The highest BCUT2D eigenvalue weighted by atomic mass is 19.1. The van der Waals surface area contributed by atoms with Gasteiger partial charge in [0.2, 0.25) is 0 Å². The van der Waals surface area contributed by atoms with E-state index in [0.717, 1.165) is 18.9 Å². The lowest BCUT2D eigenvalue weighted by Gasteiger charge is -2.19. The van der Waals surface area contributed by atoms with Crippen molar-refractivity contribution in [2.45, 2.75) is 25.4 Å². The summed E-state index contributed by atoms with van der Waals surface area (Å²) in [4.78, 5) is 12.4. The minimum absolute atomic E-state index is 0.0944. The van der Waals surface area contributed by atoms with E-state index in [-0.39, 0.29) is 19.1 Å². The highest BCUT2D eigenvalue weighted by Crippen LogP contribution is 2.28. The van der Waals surface area contributed by atoms with Gasteiger partial charge >= 0.3 is 5.97 Å². The Balaban J connectivity index is 2.08. The van der Waals surface area contributed by atoms with Crippen LogP contribution in [0.1, 0.15) is 18.4 Å². The molecule has 5 heteroatoms. The Morgan fingerprint density at radius 3 is 2.35 bits per heavy atom. The SMILES string of the molecule is O=C(O)CN(Cc1cc(F)cc(F)c1)C1CC1. The molecule has 1 fully saturated rings. The van der Waals surface area contributed by atoms with Crippen molar-refractivity contribution >= 4 is 5.97 Å². The number of carbonyl (C=O) groups is 1. The summed E-state index contributed by atoms with van der Waals surface area (Å²) < 4.78 is 26.0. The number of rotatable bonds is 5. The van der Waals surface area contributed by atoms with E-state index in [1.54, 1.807) is 4.90 Å². The molecule has 0 unspecified atom stereocenters. The summed E-state index contributed by atoms with van der Waals surface area (Å²) in [6.45, 7) is 0.175. The van der Waals surface area contributed by atoms with Gasteiger partial charge in [0.1, 0.15) is 11.6 Å². The number of aliphatic carboxylic acids is 1. The molecule has 92 valence electrons. The van der Waals surface area contributed by atoms with Gasteiger partial charge in [0.15, 0.2) is 0 Å². The van der Waals surface area contributed by atoms with Gasteiger partial charge in [-0.2, -0.15) is 0 Å². The molecule has 1 aromatic rings. The van der Waals surface area contributed by atoms with Crippen LogP contribution in [0.25, 0.3) is 0 Å². The molecule has 17 heavy (non-hydrogen) atoms. The molecule has 1 N–H and O–H groups in total. The fourth-order valence-electron chi connectivity index (χ4n) is 1.86. The molecule has 3 nitrogen and oxygen atoms in total. The van der Waals surface area contributed by atoms with Crippen LogP contribution in [-0.4, -0.2) is 28.6 Å². The van der Waals surface area contributed by atoms with Gasteiger partial charge in [0.25, 0.3) is 0 Å². The van der Waals surface area contributed by atoms with Crippen molar-refractivity contribution < 1.29 is 18.7 Å². The Labute approximate surface area is 97.7 Å². The molecular formula is C12H13F2NO2. The Bertz CT molecular complexity index is 412. The van der Waals surface area contributed by atoms with Crippen molar-refractivity contribution in [3.8, 4) is 0 Å². The van der Waals surface area contributed by atoms with Crippen LogP contribution >= 0.6 is 0 Å². The summed E-state index contributed by atoms with van der Waals surface area (Å²) in [5.74, 6) is -2.19. The molecule has 0 radical (unpaired) electrons. The molecule has 0 amide bonds. The molecule has 1 aliphatic rings.